The highest BCUT2D eigenvalue weighted by Crippen LogP contribution is 2.26. The van der Waals surface area contributed by atoms with Gasteiger partial charge < -0.3 is 15.7 Å². The van der Waals surface area contributed by atoms with Crippen LogP contribution in [0.15, 0.2) is 4.79 Å². The van der Waals surface area contributed by atoms with Crippen molar-refractivity contribution in [1.82, 2.24) is 9.66 Å². The average molecular weight is 235 g/mol. The van der Waals surface area contributed by atoms with Gasteiger partial charge in [-0.2, -0.15) is 19.0 Å². The SMILES string of the molecule is Nc1nc(=O)n2c(c1N)OS(=O)(=O)ON2. The number of hydrogen-bond acceptors (Lipinski definition) is 9. The second-order valence-electron chi connectivity index (χ2n) is 2.50. The van der Waals surface area contributed by atoms with Crippen LogP contribution in [0.4, 0.5) is 11.5 Å². The molecule has 10 nitrogen and oxygen atoms in total. The summed E-state index contributed by atoms with van der Waals surface area (Å²) >= 11 is 0. The fraction of sp³-hybridized carbons (Fsp3) is 0. The largest absolute Gasteiger partial charge is 0.473 e. The van der Waals surface area contributed by atoms with Crippen LogP contribution >= 0.6 is 0 Å². The molecule has 5 N–H and O–H groups in total. The van der Waals surface area contributed by atoms with Crippen molar-refractivity contribution >= 4 is 21.9 Å². The molecule has 0 fully saturated rings. The Bertz CT molecular complexity index is 576. The van der Waals surface area contributed by atoms with E-state index in [1.165, 1.54) is 0 Å². The molecule has 0 aliphatic carbocycles. The van der Waals surface area contributed by atoms with Gasteiger partial charge in [0.25, 0.3) is 5.88 Å². The Morgan fingerprint density at radius 2 is 2.07 bits per heavy atom. The number of nitrogens with two attached hydrogens (primary N) is 2. The predicted molar refractivity (Wildman–Crippen MR) is 47.3 cm³/mol. The van der Waals surface area contributed by atoms with Gasteiger partial charge >= 0.3 is 16.1 Å². The molecule has 0 spiro atoms. The third-order valence-electron chi connectivity index (χ3n) is 1.53. The summed E-state index contributed by atoms with van der Waals surface area (Å²) in [5.74, 6) is -0.816. The highest BCUT2D eigenvalue weighted by atomic mass is 32.3. The standard InChI is InChI=1S/C4H5N5O5S/c5-1-2(6)7-4(10)9-3(1)13-15(11,12)14-8-9/h8H,5H2,(H2,6,7,10). The summed E-state index contributed by atoms with van der Waals surface area (Å²) in [5.41, 5.74) is 11.2. The molecular formula is C4H5N5O5S. The van der Waals surface area contributed by atoms with Crippen LogP contribution in [0.1, 0.15) is 0 Å². The lowest BCUT2D eigenvalue weighted by Crippen LogP contribution is -2.40. The van der Waals surface area contributed by atoms with Gasteiger partial charge in [0, 0.05) is 0 Å². The lowest BCUT2D eigenvalue weighted by Gasteiger charge is -2.19. The molecule has 0 saturated carbocycles. The number of hydrogen-bond donors (Lipinski definition) is 3. The summed E-state index contributed by atoms with van der Waals surface area (Å²) in [6.07, 6.45) is 0. The van der Waals surface area contributed by atoms with Gasteiger partial charge in [-0.05, 0) is 0 Å². The van der Waals surface area contributed by atoms with Crippen LogP contribution in [-0.2, 0) is 14.7 Å². The molecule has 82 valence electrons. The first-order chi connectivity index (χ1) is 6.91. The summed E-state index contributed by atoms with van der Waals surface area (Å²) in [5, 5.41) is 0. The summed E-state index contributed by atoms with van der Waals surface area (Å²) in [6.45, 7) is 0. The van der Waals surface area contributed by atoms with Crippen LogP contribution in [0.25, 0.3) is 0 Å². The molecule has 0 radical (unpaired) electrons. The predicted octanol–water partition coefficient (Wildman–Crippen LogP) is -2.48. The number of fused-ring (bicyclic) bond motifs is 1. The van der Waals surface area contributed by atoms with Crippen molar-refractivity contribution in [2.75, 3.05) is 17.1 Å². The fourth-order valence-corrected chi connectivity index (χ4v) is 1.45. The van der Waals surface area contributed by atoms with E-state index in [-0.39, 0.29) is 11.5 Å². The van der Waals surface area contributed by atoms with Crippen LogP contribution in [0.5, 0.6) is 5.88 Å². The monoisotopic (exact) mass is 235 g/mol. The third-order valence-corrected chi connectivity index (χ3v) is 2.17. The first-order valence-electron chi connectivity index (χ1n) is 3.47. The lowest BCUT2D eigenvalue weighted by atomic mass is 10.5. The van der Waals surface area contributed by atoms with Crippen LogP contribution in [0.3, 0.4) is 0 Å². The number of nitrogens with zero attached hydrogens (tertiary/aromatic N) is 2. The Kier molecular flexibility index (Phi) is 1.74. The second kappa shape index (κ2) is 2.74. The molecule has 0 bridgehead atoms. The van der Waals surface area contributed by atoms with Gasteiger partial charge in [-0.15, -0.1) is 8.96 Å². The van der Waals surface area contributed by atoms with E-state index in [0.717, 1.165) is 0 Å². The summed E-state index contributed by atoms with van der Waals surface area (Å²) in [6, 6.07) is 0. The van der Waals surface area contributed by atoms with Gasteiger partial charge in [-0.1, -0.05) is 0 Å². The zero-order chi connectivity index (χ0) is 11.2. The molecule has 0 unspecified atom stereocenters. The maximum Gasteiger partial charge on any atom is 0.473 e. The Balaban J connectivity index is 2.73. The van der Waals surface area contributed by atoms with Crippen molar-refractivity contribution in [3.63, 3.8) is 0 Å². The Hall–Kier alpha value is -2.01. The fourth-order valence-electron chi connectivity index (χ4n) is 0.889. The Labute approximate surface area is 82.7 Å². The molecule has 1 aromatic rings. The zero-order valence-corrected chi connectivity index (χ0v) is 7.82. The molecular weight excluding hydrogens is 230 g/mol. The van der Waals surface area contributed by atoms with E-state index < -0.39 is 22.0 Å². The lowest BCUT2D eigenvalue weighted by molar-refractivity contribution is 0.241. The highest BCUT2D eigenvalue weighted by molar-refractivity contribution is 7.82. The minimum Gasteiger partial charge on any atom is -0.391 e. The zero-order valence-electron chi connectivity index (χ0n) is 7.00. The third kappa shape index (κ3) is 1.42. The molecule has 2 rings (SSSR count). The molecule has 0 atom stereocenters. The summed E-state index contributed by atoms with van der Waals surface area (Å²) < 4.78 is 30.6. The van der Waals surface area contributed by atoms with E-state index in [4.69, 9.17) is 11.5 Å². The minimum atomic E-state index is -4.29. The van der Waals surface area contributed by atoms with E-state index in [1.54, 1.807) is 5.59 Å². The second-order valence-corrected chi connectivity index (χ2v) is 3.65. The quantitative estimate of drug-likeness (QED) is 0.443. The van der Waals surface area contributed by atoms with Gasteiger partial charge in [-0.3, -0.25) is 0 Å². The van der Waals surface area contributed by atoms with Gasteiger partial charge in [0.2, 0.25) is 0 Å². The summed E-state index contributed by atoms with van der Waals surface area (Å²) in [4.78, 5) is 14.4. The van der Waals surface area contributed by atoms with Crippen molar-refractivity contribution in [2.45, 2.75) is 0 Å². The Morgan fingerprint density at radius 1 is 1.40 bits per heavy atom. The molecule has 1 aliphatic rings. The van der Waals surface area contributed by atoms with Crippen LogP contribution in [0.2, 0.25) is 0 Å². The van der Waals surface area contributed by atoms with Gasteiger partial charge in [0.15, 0.2) is 5.82 Å². The minimum absolute atomic E-state index is 0.283. The van der Waals surface area contributed by atoms with Crippen LogP contribution in [0, 0.1) is 0 Å². The first-order valence-corrected chi connectivity index (χ1v) is 4.81. The van der Waals surface area contributed by atoms with E-state index in [9.17, 15) is 13.2 Å². The number of nitrogen functional groups attached to an aromatic ring is 2. The topological polar surface area (TPSA) is 152 Å². The smallest absolute Gasteiger partial charge is 0.391 e. The van der Waals surface area contributed by atoms with Crippen LogP contribution in [-0.4, -0.2) is 18.1 Å². The van der Waals surface area contributed by atoms with Crippen molar-refractivity contribution < 1.29 is 16.9 Å². The average Bonchev–Trinajstić information content (AvgIpc) is 2.13. The molecule has 15 heavy (non-hydrogen) atoms. The molecule has 11 heteroatoms. The molecule has 2 heterocycles. The van der Waals surface area contributed by atoms with Crippen molar-refractivity contribution in [2.24, 2.45) is 0 Å². The number of nitrogens with one attached hydrogen (secondary N) is 1. The van der Waals surface area contributed by atoms with Gasteiger partial charge in [0.1, 0.15) is 5.69 Å². The first kappa shape index (κ1) is 9.54. The maximum atomic E-state index is 11.1. The van der Waals surface area contributed by atoms with E-state index >= 15 is 0 Å². The Morgan fingerprint density at radius 3 is 2.73 bits per heavy atom. The normalized spacial score (nSPS) is 17.3. The molecule has 1 aromatic heterocycles. The molecule has 1 aliphatic heterocycles. The van der Waals surface area contributed by atoms with Gasteiger partial charge in [0.05, 0.1) is 0 Å². The maximum absolute atomic E-state index is 11.1. The van der Waals surface area contributed by atoms with E-state index in [0.29, 0.717) is 4.68 Å². The summed E-state index contributed by atoms with van der Waals surface area (Å²) in [7, 11) is -4.29. The van der Waals surface area contributed by atoms with Gasteiger partial charge in [-0.25, -0.2) is 4.79 Å². The van der Waals surface area contributed by atoms with E-state index in [1.807, 2.05) is 0 Å². The molecule has 0 aromatic carbocycles. The number of rotatable bonds is 0. The van der Waals surface area contributed by atoms with Crippen molar-refractivity contribution in [3.8, 4) is 5.88 Å². The van der Waals surface area contributed by atoms with E-state index in [2.05, 4.69) is 13.5 Å². The molecule has 0 amide bonds. The van der Waals surface area contributed by atoms with Crippen molar-refractivity contribution in [3.05, 3.63) is 10.5 Å². The highest BCUT2D eigenvalue weighted by Gasteiger charge is 2.28. The number of anilines is 2. The molecule has 0 saturated heterocycles. The number of aromatic nitrogens is 2. The van der Waals surface area contributed by atoms with Crippen molar-refractivity contribution in [1.29, 1.82) is 0 Å². The van der Waals surface area contributed by atoms with Crippen LogP contribution < -0.4 is 26.9 Å².